The van der Waals surface area contributed by atoms with Crippen molar-refractivity contribution in [1.82, 2.24) is 9.97 Å². The topological polar surface area (TPSA) is 96.7 Å². The molecule has 0 aliphatic carbocycles. The van der Waals surface area contributed by atoms with Crippen molar-refractivity contribution in [2.75, 3.05) is 11.9 Å². The number of hydrogen-bond donors (Lipinski definition) is 3. The molecule has 22 heavy (non-hydrogen) atoms. The van der Waals surface area contributed by atoms with Gasteiger partial charge in [0.1, 0.15) is 29.7 Å². The third-order valence-electron chi connectivity index (χ3n) is 3.75. The summed E-state index contributed by atoms with van der Waals surface area (Å²) < 4.78 is 48.6. The van der Waals surface area contributed by atoms with E-state index < -0.39 is 42.1 Å². The van der Waals surface area contributed by atoms with Crippen molar-refractivity contribution in [2.45, 2.75) is 43.2 Å². The van der Waals surface area contributed by atoms with Gasteiger partial charge in [0.2, 0.25) is 5.82 Å². The average Bonchev–Trinajstić information content (AvgIpc) is 2.82. The number of hydrogen-bond acceptors (Lipinski definition) is 7. The smallest absolute Gasteiger partial charge is 0.388 e. The third-order valence-corrected chi connectivity index (χ3v) is 3.75. The molecule has 1 aromatic rings. The molecule has 1 aromatic heterocycles. The summed E-state index contributed by atoms with van der Waals surface area (Å²) in [4.78, 5) is 6.49. The highest BCUT2D eigenvalue weighted by Gasteiger charge is 2.56. The van der Waals surface area contributed by atoms with Gasteiger partial charge in [0.15, 0.2) is 6.29 Å². The minimum absolute atomic E-state index is 0.0750. The SMILES string of the molecule is C[C@@]12CO[C@@H](O1)[C@H](Nc1ccnc(C(F)(F)F)n1)[C@@H](O)[C@H]2O. The van der Waals surface area contributed by atoms with Gasteiger partial charge in [-0.3, -0.25) is 0 Å². The molecule has 0 aromatic carbocycles. The first-order valence-corrected chi connectivity index (χ1v) is 6.53. The van der Waals surface area contributed by atoms with E-state index >= 15 is 0 Å². The van der Waals surface area contributed by atoms with Crippen LogP contribution in [0, 0.1) is 0 Å². The Balaban J connectivity index is 1.81. The normalized spacial score (nSPS) is 38.1. The number of nitrogens with one attached hydrogen (secondary N) is 1. The van der Waals surface area contributed by atoms with Crippen LogP contribution in [0.4, 0.5) is 19.0 Å². The van der Waals surface area contributed by atoms with Gasteiger partial charge < -0.3 is 25.0 Å². The quantitative estimate of drug-likeness (QED) is 0.713. The number of ether oxygens (including phenoxy) is 2. The summed E-state index contributed by atoms with van der Waals surface area (Å²) in [5.41, 5.74) is -1.04. The summed E-state index contributed by atoms with van der Waals surface area (Å²) in [6.45, 7) is 1.66. The van der Waals surface area contributed by atoms with Gasteiger partial charge in [-0.1, -0.05) is 0 Å². The minimum Gasteiger partial charge on any atom is -0.388 e. The van der Waals surface area contributed by atoms with Crippen LogP contribution in [0.2, 0.25) is 0 Å². The molecule has 10 heteroatoms. The molecule has 2 aliphatic heterocycles. The molecule has 2 fully saturated rings. The summed E-state index contributed by atoms with van der Waals surface area (Å²) in [5, 5.41) is 22.8. The van der Waals surface area contributed by atoms with Crippen molar-refractivity contribution in [3.63, 3.8) is 0 Å². The van der Waals surface area contributed by atoms with Crippen molar-refractivity contribution in [1.29, 1.82) is 0 Å². The second-order valence-electron chi connectivity index (χ2n) is 5.48. The molecule has 0 radical (unpaired) electrons. The molecule has 0 amide bonds. The van der Waals surface area contributed by atoms with Crippen LogP contribution in [-0.4, -0.2) is 56.9 Å². The van der Waals surface area contributed by atoms with Crippen LogP contribution in [0.3, 0.4) is 0 Å². The number of nitrogens with zero attached hydrogens (tertiary/aromatic N) is 2. The molecule has 0 unspecified atom stereocenters. The van der Waals surface area contributed by atoms with E-state index in [9.17, 15) is 23.4 Å². The second-order valence-corrected chi connectivity index (χ2v) is 5.48. The van der Waals surface area contributed by atoms with Crippen molar-refractivity contribution in [2.24, 2.45) is 0 Å². The highest BCUT2D eigenvalue weighted by Crippen LogP contribution is 2.37. The second kappa shape index (κ2) is 5.01. The molecule has 5 atom stereocenters. The first-order valence-electron chi connectivity index (χ1n) is 6.53. The van der Waals surface area contributed by atoms with Gasteiger partial charge in [-0.05, 0) is 13.0 Å². The maximum absolute atomic E-state index is 12.6. The summed E-state index contributed by atoms with van der Waals surface area (Å²) in [7, 11) is 0. The lowest BCUT2D eigenvalue weighted by Gasteiger charge is -2.41. The maximum Gasteiger partial charge on any atom is 0.451 e. The summed E-state index contributed by atoms with van der Waals surface area (Å²) >= 11 is 0. The fraction of sp³-hybridized carbons (Fsp3) is 0.667. The monoisotopic (exact) mass is 321 g/mol. The van der Waals surface area contributed by atoms with Gasteiger partial charge in [-0.15, -0.1) is 0 Å². The van der Waals surface area contributed by atoms with E-state index in [0.29, 0.717) is 0 Å². The van der Waals surface area contributed by atoms with Gasteiger partial charge in [0.05, 0.1) is 6.61 Å². The Morgan fingerprint density at radius 1 is 1.41 bits per heavy atom. The van der Waals surface area contributed by atoms with E-state index in [1.807, 2.05) is 0 Å². The Labute approximate surface area is 123 Å². The van der Waals surface area contributed by atoms with Gasteiger partial charge in [-0.2, -0.15) is 13.2 Å². The molecule has 122 valence electrons. The average molecular weight is 321 g/mol. The standard InChI is InChI=1S/C12H14F3N3O4/c1-11-4-21-9(22-11)6(7(19)8(11)20)17-5-2-3-16-10(18-5)12(13,14)15/h2-3,6-9,19-20H,4H2,1H3,(H,16,17,18)/t6-,7-,8-,9+,11+/m1/s1. The molecule has 2 saturated heterocycles. The highest BCUT2D eigenvalue weighted by molar-refractivity contribution is 5.36. The van der Waals surface area contributed by atoms with Crippen LogP contribution >= 0.6 is 0 Å². The zero-order valence-electron chi connectivity index (χ0n) is 11.4. The number of aliphatic hydroxyl groups excluding tert-OH is 2. The van der Waals surface area contributed by atoms with Gasteiger partial charge in [0, 0.05) is 6.20 Å². The Morgan fingerprint density at radius 3 is 2.82 bits per heavy atom. The molecule has 3 rings (SSSR count). The summed E-state index contributed by atoms with van der Waals surface area (Å²) in [6.07, 6.45) is -7.15. The Bertz CT molecular complexity index is 573. The molecule has 2 aliphatic rings. The van der Waals surface area contributed by atoms with E-state index in [2.05, 4.69) is 15.3 Å². The van der Waals surface area contributed by atoms with E-state index in [1.165, 1.54) is 6.07 Å². The number of aliphatic hydroxyl groups is 2. The lowest BCUT2D eigenvalue weighted by atomic mass is 9.89. The molecule has 3 heterocycles. The number of halogens is 3. The number of anilines is 1. The molecule has 7 nitrogen and oxygen atoms in total. The van der Waals surface area contributed by atoms with Gasteiger partial charge in [-0.25, -0.2) is 9.97 Å². The van der Waals surface area contributed by atoms with Crippen LogP contribution in [0.5, 0.6) is 0 Å². The van der Waals surface area contributed by atoms with E-state index in [4.69, 9.17) is 9.47 Å². The Kier molecular flexibility index (Phi) is 3.51. The van der Waals surface area contributed by atoms with Crippen LogP contribution < -0.4 is 5.32 Å². The maximum atomic E-state index is 12.6. The van der Waals surface area contributed by atoms with E-state index in [0.717, 1.165) is 6.20 Å². The van der Waals surface area contributed by atoms with Crippen LogP contribution in [0.1, 0.15) is 12.7 Å². The third kappa shape index (κ3) is 2.51. The largest absolute Gasteiger partial charge is 0.451 e. The lowest BCUT2D eigenvalue weighted by molar-refractivity contribution is -0.208. The number of alkyl halides is 3. The van der Waals surface area contributed by atoms with Crippen LogP contribution in [0.25, 0.3) is 0 Å². The van der Waals surface area contributed by atoms with Crippen molar-refractivity contribution in [3.8, 4) is 0 Å². The van der Waals surface area contributed by atoms with Gasteiger partial charge >= 0.3 is 6.18 Å². The predicted molar refractivity (Wildman–Crippen MR) is 65.7 cm³/mol. The zero-order valence-corrected chi connectivity index (χ0v) is 11.4. The van der Waals surface area contributed by atoms with Crippen molar-refractivity contribution >= 4 is 5.82 Å². The fourth-order valence-electron chi connectivity index (χ4n) is 2.53. The minimum atomic E-state index is -4.68. The van der Waals surface area contributed by atoms with E-state index in [1.54, 1.807) is 6.92 Å². The fourth-order valence-corrected chi connectivity index (χ4v) is 2.53. The Hall–Kier alpha value is -1.49. The number of fused-ring (bicyclic) bond motifs is 2. The molecule has 0 spiro atoms. The first-order chi connectivity index (χ1) is 10.2. The predicted octanol–water partition coefficient (Wildman–Crippen LogP) is 0.143. The Morgan fingerprint density at radius 2 is 2.14 bits per heavy atom. The van der Waals surface area contributed by atoms with Gasteiger partial charge in [0.25, 0.3) is 0 Å². The molecular weight excluding hydrogens is 307 g/mol. The molecule has 3 N–H and O–H groups in total. The van der Waals surface area contributed by atoms with Crippen LogP contribution in [-0.2, 0) is 15.7 Å². The van der Waals surface area contributed by atoms with Crippen molar-refractivity contribution in [3.05, 3.63) is 18.1 Å². The highest BCUT2D eigenvalue weighted by atomic mass is 19.4. The first kappa shape index (κ1) is 15.4. The molecule has 0 saturated carbocycles. The lowest BCUT2D eigenvalue weighted by Crippen LogP contribution is -2.61. The molecular formula is C12H14F3N3O4. The van der Waals surface area contributed by atoms with Crippen molar-refractivity contribution < 1.29 is 32.9 Å². The molecule has 2 bridgehead atoms. The zero-order chi connectivity index (χ0) is 16.1. The number of aromatic nitrogens is 2. The van der Waals surface area contributed by atoms with E-state index in [-0.39, 0.29) is 12.4 Å². The van der Waals surface area contributed by atoms with Crippen LogP contribution in [0.15, 0.2) is 12.3 Å². The summed E-state index contributed by atoms with van der Waals surface area (Å²) in [5.74, 6) is -1.46. The summed E-state index contributed by atoms with van der Waals surface area (Å²) in [6, 6.07) is 0.262. The number of rotatable bonds is 2.